The van der Waals surface area contributed by atoms with Gasteiger partial charge in [0.2, 0.25) is 0 Å². The topological polar surface area (TPSA) is 46.2 Å². The van der Waals surface area contributed by atoms with E-state index >= 15 is 0 Å². The minimum absolute atomic E-state index is 0.00660. The maximum absolute atomic E-state index is 12.0. The summed E-state index contributed by atoms with van der Waals surface area (Å²) in [6, 6.07) is 0. The minimum Gasteiger partial charge on any atom is -0.207 e. The first-order chi connectivity index (χ1) is 8.29. The molecule has 0 aliphatic heterocycles. The van der Waals surface area contributed by atoms with Gasteiger partial charge in [-0.2, -0.15) is 13.2 Å². The highest BCUT2D eigenvalue weighted by molar-refractivity contribution is 7.90. The first-order valence-electron chi connectivity index (χ1n) is 5.41. The summed E-state index contributed by atoms with van der Waals surface area (Å²) in [5.41, 5.74) is -5.21. The Morgan fingerprint density at radius 2 is 1.89 bits per heavy atom. The fourth-order valence-corrected chi connectivity index (χ4v) is 3.03. The molecule has 0 heterocycles. The Bertz CT molecular complexity index is 408. The third-order valence-corrected chi connectivity index (χ3v) is 4.41. The van der Waals surface area contributed by atoms with E-state index in [9.17, 15) is 21.6 Å². The van der Waals surface area contributed by atoms with Gasteiger partial charge in [0.15, 0.2) is 0 Å². The monoisotopic (exact) mass is 305 g/mol. The minimum atomic E-state index is -5.21. The Balaban J connectivity index is 0.000000771. The summed E-state index contributed by atoms with van der Waals surface area (Å²) in [5, 5.41) is 0. The van der Waals surface area contributed by atoms with Gasteiger partial charge >= 0.3 is 15.5 Å². The first kappa shape index (κ1) is 15.8. The number of fused-ring (bicyclic) bond motifs is 2. The number of halogens is 4. The number of alkyl halides is 4. The van der Waals surface area contributed by atoms with Gasteiger partial charge in [0.05, 0.1) is 0 Å². The van der Waals surface area contributed by atoms with Crippen LogP contribution in [0.1, 0.15) is 12.8 Å². The van der Waals surface area contributed by atoms with Gasteiger partial charge in [-0.3, -0.25) is 0 Å². The maximum atomic E-state index is 12.0. The average Bonchev–Trinajstić information content (AvgIpc) is 2.89. The molecule has 2 aliphatic carbocycles. The maximum Gasteiger partial charge on any atom is 0.511 e. The number of rotatable bonds is 3. The first-order valence-corrected chi connectivity index (χ1v) is 7.65. The molecule has 18 heavy (non-hydrogen) atoms. The molecule has 0 aromatic rings. The van der Waals surface area contributed by atoms with Crippen LogP contribution in [0.25, 0.3) is 0 Å². The second kappa shape index (κ2) is 5.79. The lowest BCUT2D eigenvalue weighted by Crippen LogP contribution is -2.39. The van der Waals surface area contributed by atoms with Gasteiger partial charge < -0.3 is 0 Å². The molecule has 0 spiro atoms. The van der Waals surface area contributed by atoms with E-state index in [0.29, 0.717) is 5.92 Å². The molecule has 1 fully saturated rings. The van der Waals surface area contributed by atoms with E-state index in [4.69, 9.17) is 0 Å². The Labute approximate surface area is 109 Å². The molecule has 2 bridgehead atoms. The quantitative estimate of drug-likeness (QED) is 0.643. The Morgan fingerprint density at radius 1 is 1.28 bits per heavy atom. The Morgan fingerprint density at radius 3 is 2.28 bits per heavy atom. The lowest BCUT2D eigenvalue weighted by Gasteiger charge is -2.18. The summed E-state index contributed by atoms with van der Waals surface area (Å²) in [6.45, 7) is -0.118. The summed E-state index contributed by atoms with van der Waals surface area (Å²) in [6.07, 6.45) is 7.22. The van der Waals surface area contributed by atoms with Crippen LogP contribution < -0.4 is 4.72 Å². The molecule has 1 N–H and O–H groups in total. The summed E-state index contributed by atoms with van der Waals surface area (Å²) in [4.78, 5) is 0. The summed E-state index contributed by atoms with van der Waals surface area (Å²) in [5.74, 6) is 0.665. The zero-order valence-corrected chi connectivity index (χ0v) is 11.3. The number of hydrogen-bond donors (Lipinski definition) is 1. The van der Waals surface area contributed by atoms with Gasteiger partial charge in [0.25, 0.3) is 0 Å². The average molecular weight is 306 g/mol. The van der Waals surface area contributed by atoms with E-state index in [0.717, 1.165) is 12.8 Å². The highest BCUT2D eigenvalue weighted by Gasteiger charge is 2.46. The summed E-state index contributed by atoms with van der Waals surface area (Å²) in [7, 11) is -5.18. The number of sulfonamides is 1. The fraction of sp³-hybridized carbons (Fsp3) is 0.800. The van der Waals surface area contributed by atoms with Crippen molar-refractivity contribution in [3.63, 3.8) is 0 Å². The molecule has 3 nitrogen and oxygen atoms in total. The van der Waals surface area contributed by atoms with E-state index in [1.165, 1.54) is 6.38 Å². The van der Waals surface area contributed by atoms with E-state index < -0.39 is 15.5 Å². The highest BCUT2D eigenvalue weighted by Crippen LogP contribution is 2.43. The van der Waals surface area contributed by atoms with E-state index in [-0.39, 0.29) is 18.4 Å². The van der Waals surface area contributed by atoms with Crippen molar-refractivity contribution in [3.05, 3.63) is 12.2 Å². The zero-order chi connectivity index (χ0) is 14.0. The second-order valence-corrected chi connectivity index (χ2v) is 6.10. The van der Waals surface area contributed by atoms with Crippen molar-refractivity contribution in [1.29, 1.82) is 0 Å². The van der Waals surface area contributed by atoms with Crippen LogP contribution in [0.15, 0.2) is 12.2 Å². The SMILES string of the molecule is CCl.O=S(=O)(NCC1CC2C=CC1C2)C(F)(F)F. The molecule has 8 heteroatoms. The predicted molar refractivity (Wildman–Crippen MR) is 63.6 cm³/mol. The van der Waals surface area contributed by atoms with E-state index in [1.54, 1.807) is 4.72 Å². The highest BCUT2D eigenvalue weighted by atomic mass is 35.5. The van der Waals surface area contributed by atoms with Crippen molar-refractivity contribution in [3.8, 4) is 0 Å². The van der Waals surface area contributed by atoms with Crippen LogP contribution in [0, 0.1) is 17.8 Å². The zero-order valence-electron chi connectivity index (χ0n) is 9.74. The van der Waals surface area contributed by atoms with E-state index in [1.807, 2.05) is 6.08 Å². The predicted octanol–water partition coefficient (Wildman–Crippen LogP) is 2.49. The Hall–Kier alpha value is -0.270. The fourth-order valence-electron chi connectivity index (χ4n) is 2.43. The molecule has 106 valence electrons. The molecule has 2 rings (SSSR count). The van der Waals surface area contributed by atoms with Gasteiger partial charge in [-0.25, -0.2) is 13.1 Å². The molecule has 3 atom stereocenters. The molecule has 0 aromatic heterocycles. The standard InChI is InChI=1S/C9H12F3NO2S.CH3Cl/c10-9(11,12)16(14,15)13-5-8-4-6-1-2-7(8)3-6;1-2/h1-2,6-8,13H,3-5H2;1H3. The van der Waals surface area contributed by atoms with Crippen molar-refractivity contribution in [1.82, 2.24) is 4.72 Å². The van der Waals surface area contributed by atoms with Crippen LogP contribution in [0.4, 0.5) is 13.2 Å². The second-order valence-electron chi connectivity index (χ2n) is 4.34. The molecule has 0 radical (unpaired) electrons. The third-order valence-electron chi connectivity index (χ3n) is 3.26. The van der Waals surface area contributed by atoms with Crippen molar-refractivity contribution < 1.29 is 21.6 Å². The van der Waals surface area contributed by atoms with Gasteiger partial charge in [-0.05, 0) is 30.6 Å². The smallest absolute Gasteiger partial charge is 0.207 e. The summed E-state index contributed by atoms with van der Waals surface area (Å²) >= 11 is 4.64. The molecule has 2 aliphatic rings. The van der Waals surface area contributed by atoms with Gasteiger partial charge in [0.1, 0.15) is 0 Å². The van der Waals surface area contributed by atoms with Crippen LogP contribution >= 0.6 is 11.6 Å². The molecule has 0 saturated heterocycles. The van der Waals surface area contributed by atoms with Crippen molar-refractivity contribution in [2.45, 2.75) is 18.3 Å². The van der Waals surface area contributed by atoms with Gasteiger partial charge in [-0.15, -0.1) is 11.6 Å². The molecule has 1 saturated carbocycles. The third kappa shape index (κ3) is 3.39. The number of hydrogen-bond acceptors (Lipinski definition) is 2. The van der Waals surface area contributed by atoms with Crippen molar-refractivity contribution >= 4 is 21.6 Å². The largest absolute Gasteiger partial charge is 0.511 e. The molecular weight excluding hydrogens is 291 g/mol. The van der Waals surface area contributed by atoms with Crippen molar-refractivity contribution in [2.24, 2.45) is 17.8 Å². The van der Waals surface area contributed by atoms with Crippen LogP contribution in [0.5, 0.6) is 0 Å². The van der Waals surface area contributed by atoms with Crippen molar-refractivity contribution in [2.75, 3.05) is 12.9 Å². The van der Waals surface area contributed by atoms with E-state index in [2.05, 4.69) is 17.7 Å². The molecular formula is C10H15ClF3NO2S. The van der Waals surface area contributed by atoms with Crippen LogP contribution in [-0.2, 0) is 10.0 Å². The summed E-state index contributed by atoms with van der Waals surface area (Å²) < 4.78 is 59.3. The normalized spacial score (nSPS) is 30.2. The molecule has 3 unspecified atom stereocenters. The lowest BCUT2D eigenvalue weighted by molar-refractivity contribution is -0.0448. The lowest BCUT2D eigenvalue weighted by atomic mass is 9.94. The van der Waals surface area contributed by atoms with Gasteiger partial charge in [-0.1, -0.05) is 12.2 Å². The number of nitrogens with one attached hydrogen (secondary N) is 1. The van der Waals surface area contributed by atoms with Gasteiger partial charge in [0, 0.05) is 12.9 Å². The number of allylic oxidation sites excluding steroid dienone is 2. The van der Waals surface area contributed by atoms with Crippen LogP contribution in [0.3, 0.4) is 0 Å². The van der Waals surface area contributed by atoms with Crippen LogP contribution in [0.2, 0.25) is 0 Å². The molecule has 0 amide bonds. The molecule has 0 aromatic carbocycles. The Kier molecular flexibility index (Phi) is 5.08. The van der Waals surface area contributed by atoms with Crippen LogP contribution in [-0.4, -0.2) is 26.9 Å².